The third-order valence-electron chi connectivity index (χ3n) is 5.25. The molecule has 228 valence electrons. The van der Waals surface area contributed by atoms with E-state index in [1.54, 1.807) is 0 Å². The fourth-order valence-corrected chi connectivity index (χ4v) is 3.19. The Kier molecular flexibility index (Phi) is 17.1. The molecule has 2 saturated heterocycles. The van der Waals surface area contributed by atoms with Gasteiger partial charge < -0.3 is 38.4 Å². The summed E-state index contributed by atoms with van der Waals surface area (Å²) < 4.78 is 32.0. The molecule has 0 aromatic carbocycles. The molecule has 2 rings (SSSR count). The molecule has 0 aromatic heterocycles. The maximum atomic E-state index is 11.6. The Balaban J connectivity index is 1.24. The van der Waals surface area contributed by atoms with Crippen LogP contribution in [0, 0.1) is 0 Å². The van der Waals surface area contributed by atoms with E-state index >= 15 is 0 Å². The second kappa shape index (κ2) is 20.3. The van der Waals surface area contributed by atoms with E-state index in [0.717, 1.165) is 0 Å². The van der Waals surface area contributed by atoms with Crippen molar-refractivity contribution in [3.8, 4) is 0 Å². The number of ether oxygens (including phenoxy) is 6. The molecule has 0 spiro atoms. The smallest absolute Gasteiger partial charge is 0.335 e. The molecule has 0 aliphatic carbocycles. The molecule has 2 heterocycles. The number of hydrogen-bond donors (Lipinski definition) is 1. The normalized spacial score (nSPS) is 16.4. The Hall–Kier alpha value is -2.57. The number of amides is 4. The van der Waals surface area contributed by atoms with E-state index in [1.807, 2.05) is 0 Å². The summed E-state index contributed by atoms with van der Waals surface area (Å²) >= 11 is 0. The highest BCUT2D eigenvalue weighted by Crippen LogP contribution is 2.14. The average molecular weight is 579 g/mol. The highest BCUT2D eigenvalue weighted by Gasteiger charge is 2.33. The zero-order chi connectivity index (χ0) is 29.0. The zero-order valence-electron chi connectivity index (χ0n) is 22.5. The van der Waals surface area contributed by atoms with Crippen LogP contribution < -0.4 is 0 Å². The minimum absolute atomic E-state index is 0.0493. The molecule has 0 radical (unpaired) electrons. The van der Waals surface area contributed by atoms with Crippen molar-refractivity contribution in [2.45, 2.75) is 44.8 Å². The van der Waals surface area contributed by atoms with Crippen molar-refractivity contribution >= 4 is 29.6 Å². The van der Waals surface area contributed by atoms with E-state index in [1.165, 1.54) is 0 Å². The second-order valence-electron chi connectivity index (χ2n) is 8.40. The third-order valence-corrected chi connectivity index (χ3v) is 5.25. The first-order chi connectivity index (χ1) is 19.4. The quantitative estimate of drug-likeness (QED) is 0.0824. The van der Waals surface area contributed by atoms with Gasteiger partial charge in [0.15, 0.2) is 6.29 Å². The lowest BCUT2D eigenvalue weighted by molar-refractivity contribution is -0.247. The van der Waals surface area contributed by atoms with E-state index in [0.29, 0.717) is 69.6 Å². The average Bonchev–Trinajstić information content (AvgIpc) is 3.42. The van der Waals surface area contributed by atoms with Crippen molar-refractivity contribution in [1.29, 1.82) is 0 Å². The van der Waals surface area contributed by atoms with Gasteiger partial charge in [-0.05, 0) is 0 Å². The molecular weight excluding hydrogens is 540 g/mol. The molecule has 1 unspecified atom stereocenters. The molecule has 0 bridgehead atoms. The van der Waals surface area contributed by atoms with Crippen LogP contribution in [0.5, 0.6) is 0 Å². The van der Waals surface area contributed by atoms with E-state index in [2.05, 4.69) is 0 Å². The van der Waals surface area contributed by atoms with E-state index in [9.17, 15) is 29.1 Å². The maximum absolute atomic E-state index is 11.6. The van der Waals surface area contributed by atoms with Crippen LogP contribution in [0.2, 0.25) is 0 Å². The summed E-state index contributed by atoms with van der Waals surface area (Å²) in [6.07, 6.45) is -1.01. The predicted molar refractivity (Wildman–Crippen MR) is 130 cm³/mol. The lowest BCUT2D eigenvalue weighted by Gasteiger charge is -2.18. The highest BCUT2D eigenvalue weighted by molar-refractivity contribution is 6.01. The molecule has 1 atom stereocenters. The van der Waals surface area contributed by atoms with Crippen LogP contribution in [0.3, 0.4) is 0 Å². The number of nitrogens with zero attached hydrogens (tertiary/aromatic N) is 2. The number of hydrogen-bond acceptors (Lipinski definition) is 14. The van der Waals surface area contributed by atoms with Crippen molar-refractivity contribution in [1.82, 2.24) is 10.1 Å². The van der Waals surface area contributed by atoms with Gasteiger partial charge in [-0.2, -0.15) is 5.06 Å². The Bertz CT molecular complexity index is 778. The van der Waals surface area contributed by atoms with Gasteiger partial charge in [-0.15, -0.1) is 5.06 Å². The van der Waals surface area contributed by atoms with Crippen LogP contribution in [-0.2, 0) is 62.1 Å². The van der Waals surface area contributed by atoms with Crippen LogP contribution >= 0.6 is 0 Å². The van der Waals surface area contributed by atoms with E-state index < -0.39 is 35.9 Å². The second-order valence-corrected chi connectivity index (χ2v) is 8.40. The number of imide groups is 2. The largest absolute Gasteiger partial charge is 0.379 e. The van der Waals surface area contributed by atoms with Gasteiger partial charge in [0.2, 0.25) is 0 Å². The summed E-state index contributed by atoms with van der Waals surface area (Å²) in [6.45, 7) is 3.78. The Morgan fingerprint density at radius 3 is 1.35 bits per heavy atom. The molecular formula is C24H38N2O14. The topological polar surface area (TPSA) is 186 Å². The summed E-state index contributed by atoms with van der Waals surface area (Å²) in [5, 5.41) is 10.8. The molecule has 2 fully saturated rings. The van der Waals surface area contributed by atoms with E-state index in [4.69, 9.17) is 38.1 Å². The molecule has 0 saturated carbocycles. The van der Waals surface area contributed by atoms with Crippen LogP contribution in [0.1, 0.15) is 38.5 Å². The maximum Gasteiger partial charge on any atom is 0.335 e. The van der Waals surface area contributed by atoms with Gasteiger partial charge >= 0.3 is 5.97 Å². The monoisotopic (exact) mass is 578 g/mol. The van der Waals surface area contributed by atoms with Gasteiger partial charge in [0, 0.05) is 32.1 Å². The third kappa shape index (κ3) is 14.2. The van der Waals surface area contributed by atoms with Gasteiger partial charge in [0.25, 0.3) is 23.6 Å². The van der Waals surface area contributed by atoms with Crippen molar-refractivity contribution in [3.63, 3.8) is 0 Å². The molecule has 16 nitrogen and oxygen atoms in total. The van der Waals surface area contributed by atoms with E-state index in [-0.39, 0.29) is 58.3 Å². The molecule has 0 aromatic rings. The number of rotatable bonds is 24. The van der Waals surface area contributed by atoms with Crippen molar-refractivity contribution in [3.05, 3.63) is 0 Å². The van der Waals surface area contributed by atoms with Gasteiger partial charge in [-0.3, -0.25) is 19.2 Å². The minimum Gasteiger partial charge on any atom is -0.379 e. The van der Waals surface area contributed by atoms with Crippen molar-refractivity contribution < 1.29 is 67.2 Å². The molecule has 1 N–H and O–H groups in total. The standard InChI is InChI=1S/C24H38N2O14/c27-19-1-2-20(28)25(19)39-23(31)5-7-33-9-11-35-13-15-37-17-18-38-16-14-36-12-10-34-8-6-24(32)40-26-21(29)3-4-22(26)30/h23,31H,1-18H2. The fourth-order valence-electron chi connectivity index (χ4n) is 3.19. The number of aliphatic hydroxyl groups excluding tert-OH is 1. The van der Waals surface area contributed by atoms with Crippen molar-refractivity contribution in [2.75, 3.05) is 79.3 Å². The van der Waals surface area contributed by atoms with Gasteiger partial charge in [-0.1, -0.05) is 0 Å². The predicted octanol–water partition coefficient (Wildman–Crippen LogP) is -1.13. The van der Waals surface area contributed by atoms with Gasteiger partial charge in [0.05, 0.1) is 85.7 Å². The zero-order valence-corrected chi connectivity index (χ0v) is 22.5. The van der Waals surface area contributed by atoms with Crippen molar-refractivity contribution in [2.24, 2.45) is 0 Å². The molecule has 16 heteroatoms. The SMILES string of the molecule is O=C(CCOCCOCCOCCOCCOCCOCCC(O)ON1C(=O)CCC1=O)ON1C(=O)CCC1=O. The summed E-state index contributed by atoms with van der Waals surface area (Å²) in [5.41, 5.74) is 0. The first-order valence-electron chi connectivity index (χ1n) is 13.1. The lowest BCUT2D eigenvalue weighted by atomic mass is 10.4. The fraction of sp³-hybridized carbons (Fsp3) is 0.792. The van der Waals surface area contributed by atoms with Crippen LogP contribution in [0.25, 0.3) is 0 Å². The van der Waals surface area contributed by atoms with Crippen LogP contribution in [-0.4, -0.2) is 130 Å². The number of carbonyl (C=O) groups excluding carboxylic acids is 5. The molecule has 2 aliphatic rings. The summed E-state index contributed by atoms with van der Waals surface area (Å²) in [6, 6.07) is 0. The Morgan fingerprint density at radius 1 is 0.575 bits per heavy atom. The van der Waals surface area contributed by atoms with Crippen LogP contribution in [0.4, 0.5) is 0 Å². The summed E-state index contributed by atoms with van der Waals surface area (Å²) in [7, 11) is 0. The first kappa shape index (κ1) is 33.6. The summed E-state index contributed by atoms with van der Waals surface area (Å²) in [5.74, 6) is -2.68. The van der Waals surface area contributed by atoms with Gasteiger partial charge in [-0.25, -0.2) is 9.63 Å². The molecule has 4 amide bonds. The lowest BCUT2D eigenvalue weighted by Crippen LogP contribution is -2.34. The summed E-state index contributed by atoms with van der Waals surface area (Å²) in [4.78, 5) is 66.8. The molecule has 40 heavy (non-hydrogen) atoms. The highest BCUT2D eigenvalue weighted by atomic mass is 16.8. The minimum atomic E-state index is -1.30. The number of hydroxylamine groups is 4. The Labute approximate surface area is 231 Å². The number of carbonyl (C=O) groups is 5. The number of aliphatic hydroxyl groups is 1. The Morgan fingerprint density at radius 2 is 0.925 bits per heavy atom. The van der Waals surface area contributed by atoms with Gasteiger partial charge in [0.1, 0.15) is 0 Å². The molecule has 2 aliphatic heterocycles. The van der Waals surface area contributed by atoms with Crippen LogP contribution in [0.15, 0.2) is 0 Å². The first-order valence-corrected chi connectivity index (χ1v) is 13.1.